The fourth-order valence-electron chi connectivity index (χ4n) is 2.61. The number of nitrogens with one attached hydrogen (secondary N) is 1. The Balaban J connectivity index is 1.57. The van der Waals surface area contributed by atoms with E-state index in [9.17, 15) is 0 Å². The highest BCUT2D eigenvalue weighted by molar-refractivity contribution is 5.43. The van der Waals surface area contributed by atoms with Gasteiger partial charge in [0.1, 0.15) is 11.6 Å². The standard InChI is InChI=1S/C16H21N5/c1-17-15-11-18-12-16(19-15)21-9-7-20(8-10-21)13-14-5-3-2-4-6-14/h2-6,11-12H,7-10,13H2,1H3,(H,17,19). The molecular formula is C16H21N5. The van der Waals surface area contributed by atoms with Crippen molar-refractivity contribution in [2.75, 3.05) is 43.4 Å². The molecule has 0 atom stereocenters. The molecule has 0 unspecified atom stereocenters. The highest BCUT2D eigenvalue weighted by Crippen LogP contribution is 2.15. The van der Waals surface area contributed by atoms with E-state index >= 15 is 0 Å². The van der Waals surface area contributed by atoms with Crippen LogP contribution in [0, 0.1) is 0 Å². The highest BCUT2D eigenvalue weighted by Gasteiger charge is 2.18. The van der Waals surface area contributed by atoms with Crippen LogP contribution in [0.5, 0.6) is 0 Å². The lowest BCUT2D eigenvalue weighted by atomic mass is 10.2. The summed E-state index contributed by atoms with van der Waals surface area (Å²) < 4.78 is 0. The fraction of sp³-hybridized carbons (Fsp3) is 0.375. The second-order valence-corrected chi connectivity index (χ2v) is 5.26. The van der Waals surface area contributed by atoms with E-state index in [1.165, 1.54) is 5.56 Å². The monoisotopic (exact) mass is 283 g/mol. The smallest absolute Gasteiger partial charge is 0.149 e. The van der Waals surface area contributed by atoms with Gasteiger partial charge in [-0.3, -0.25) is 9.88 Å². The summed E-state index contributed by atoms with van der Waals surface area (Å²) in [6.07, 6.45) is 3.59. The fourth-order valence-corrected chi connectivity index (χ4v) is 2.61. The Hall–Kier alpha value is -2.14. The van der Waals surface area contributed by atoms with E-state index in [1.54, 1.807) is 6.20 Å². The molecule has 2 heterocycles. The lowest BCUT2D eigenvalue weighted by Gasteiger charge is -2.35. The van der Waals surface area contributed by atoms with E-state index in [-0.39, 0.29) is 0 Å². The summed E-state index contributed by atoms with van der Waals surface area (Å²) in [5.41, 5.74) is 1.38. The Morgan fingerprint density at radius 1 is 1.05 bits per heavy atom. The van der Waals surface area contributed by atoms with Crippen molar-refractivity contribution < 1.29 is 0 Å². The van der Waals surface area contributed by atoms with E-state index in [0.29, 0.717) is 0 Å². The van der Waals surface area contributed by atoms with Crippen molar-refractivity contribution in [3.63, 3.8) is 0 Å². The molecular weight excluding hydrogens is 262 g/mol. The largest absolute Gasteiger partial charge is 0.372 e. The summed E-state index contributed by atoms with van der Waals surface area (Å²) in [6.45, 7) is 5.13. The van der Waals surface area contributed by atoms with Gasteiger partial charge in [-0.25, -0.2) is 4.98 Å². The summed E-state index contributed by atoms with van der Waals surface area (Å²) in [6, 6.07) is 10.6. The van der Waals surface area contributed by atoms with Gasteiger partial charge in [-0.1, -0.05) is 30.3 Å². The molecule has 5 nitrogen and oxygen atoms in total. The topological polar surface area (TPSA) is 44.3 Å². The van der Waals surface area contributed by atoms with E-state index in [2.05, 4.69) is 55.4 Å². The van der Waals surface area contributed by atoms with Gasteiger partial charge in [-0.05, 0) is 5.56 Å². The van der Waals surface area contributed by atoms with Crippen LogP contribution in [-0.2, 0) is 6.54 Å². The van der Waals surface area contributed by atoms with Crippen molar-refractivity contribution in [1.29, 1.82) is 0 Å². The van der Waals surface area contributed by atoms with Crippen LogP contribution in [0.1, 0.15) is 5.56 Å². The van der Waals surface area contributed by atoms with Crippen molar-refractivity contribution in [3.8, 4) is 0 Å². The Bertz CT molecular complexity index is 564. The van der Waals surface area contributed by atoms with Crippen LogP contribution in [0.2, 0.25) is 0 Å². The number of nitrogens with zero attached hydrogens (tertiary/aromatic N) is 4. The van der Waals surface area contributed by atoms with Crippen molar-refractivity contribution in [2.24, 2.45) is 0 Å². The third kappa shape index (κ3) is 3.49. The van der Waals surface area contributed by atoms with Gasteiger partial charge in [0.25, 0.3) is 0 Å². The molecule has 1 N–H and O–H groups in total. The molecule has 0 amide bonds. The Kier molecular flexibility index (Phi) is 4.31. The molecule has 0 spiro atoms. The average molecular weight is 283 g/mol. The van der Waals surface area contributed by atoms with Crippen molar-refractivity contribution in [2.45, 2.75) is 6.54 Å². The number of piperazine rings is 1. The van der Waals surface area contributed by atoms with Gasteiger partial charge in [0, 0.05) is 39.8 Å². The second kappa shape index (κ2) is 6.54. The summed E-state index contributed by atoms with van der Waals surface area (Å²) in [5, 5.41) is 3.04. The van der Waals surface area contributed by atoms with Gasteiger partial charge in [0.05, 0.1) is 12.4 Å². The quantitative estimate of drug-likeness (QED) is 0.927. The predicted octanol–water partition coefficient (Wildman–Crippen LogP) is 1.84. The molecule has 0 bridgehead atoms. The zero-order valence-electron chi connectivity index (χ0n) is 12.4. The molecule has 3 rings (SSSR count). The zero-order chi connectivity index (χ0) is 14.5. The van der Waals surface area contributed by atoms with E-state index < -0.39 is 0 Å². The van der Waals surface area contributed by atoms with Gasteiger partial charge < -0.3 is 10.2 Å². The molecule has 1 aromatic carbocycles. The van der Waals surface area contributed by atoms with Gasteiger partial charge >= 0.3 is 0 Å². The molecule has 0 radical (unpaired) electrons. The molecule has 5 heteroatoms. The van der Waals surface area contributed by atoms with Crippen LogP contribution in [0.15, 0.2) is 42.7 Å². The normalized spacial score (nSPS) is 16.0. The van der Waals surface area contributed by atoms with Crippen LogP contribution in [-0.4, -0.2) is 48.1 Å². The van der Waals surface area contributed by atoms with E-state index in [4.69, 9.17) is 0 Å². The van der Waals surface area contributed by atoms with Crippen LogP contribution in [0.4, 0.5) is 11.6 Å². The number of hydrogen-bond donors (Lipinski definition) is 1. The Morgan fingerprint density at radius 2 is 1.81 bits per heavy atom. The summed E-state index contributed by atoms with van der Waals surface area (Å²) in [4.78, 5) is 13.6. The molecule has 1 saturated heterocycles. The van der Waals surface area contributed by atoms with Crippen LogP contribution in [0.3, 0.4) is 0 Å². The second-order valence-electron chi connectivity index (χ2n) is 5.26. The SMILES string of the molecule is CNc1cncc(N2CCN(Cc3ccccc3)CC2)n1. The minimum absolute atomic E-state index is 0.819. The predicted molar refractivity (Wildman–Crippen MR) is 85.5 cm³/mol. The van der Waals surface area contributed by atoms with Crippen LogP contribution < -0.4 is 10.2 Å². The number of hydrogen-bond acceptors (Lipinski definition) is 5. The first-order valence-corrected chi connectivity index (χ1v) is 7.36. The van der Waals surface area contributed by atoms with E-state index in [0.717, 1.165) is 44.4 Å². The molecule has 0 saturated carbocycles. The molecule has 1 fully saturated rings. The maximum Gasteiger partial charge on any atom is 0.149 e. The summed E-state index contributed by atoms with van der Waals surface area (Å²) >= 11 is 0. The van der Waals surface area contributed by atoms with Gasteiger partial charge in [-0.15, -0.1) is 0 Å². The first kappa shape index (κ1) is 13.8. The molecule has 1 aliphatic heterocycles. The molecule has 0 aliphatic carbocycles. The third-order valence-corrected chi connectivity index (χ3v) is 3.82. The molecule has 1 aliphatic rings. The van der Waals surface area contributed by atoms with Crippen molar-refractivity contribution >= 4 is 11.6 Å². The first-order chi connectivity index (χ1) is 10.3. The van der Waals surface area contributed by atoms with Crippen molar-refractivity contribution in [3.05, 3.63) is 48.3 Å². The number of anilines is 2. The van der Waals surface area contributed by atoms with Gasteiger partial charge in [0.15, 0.2) is 0 Å². The molecule has 2 aromatic rings. The third-order valence-electron chi connectivity index (χ3n) is 3.82. The first-order valence-electron chi connectivity index (χ1n) is 7.36. The molecule has 1 aromatic heterocycles. The number of rotatable bonds is 4. The minimum Gasteiger partial charge on any atom is -0.372 e. The molecule has 110 valence electrons. The van der Waals surface area contributed by atoms with Gasteiger partial charge in [0.2, 0.25) is 0 Å². The van der Waals surface area contributed by atoms with Crippen LogP contribution in [0.25, 0.3) is 0 Å². The Morgan fingerprint density at radius 3 is 2.52 bits per heavy atom. The van der Waals surface area contributed by atoms with Crippen molar-refractivity contribution in [1.82, 2.24) is 14.9 Å². The lowest BCUT2D eigenvalue weighted by molar-refractivity contribution is 0.249. The highest BCUT2D eigenvalue weighted by atomic mass is 15.3. The number of aromatic nitrogens is 2. The lowest BCUT2D eigenvalue weighted by Crippen LogP contribution is -2.46. The van der Waals surface area contributed by atoms with E-state index in [1.807, 2.05) is 13.2 Å². The summed E-state index contributed by atoms with van der Waals surface area (Å²) in [7, 11) is 1.87. The summed E-state index contributed by atoms with van der Waals surface area (Å²) in [5.74, 6) is 1.78. The minimum atomic E-state index is 0.819. The van der Waals surface area contributed by atoms with Crippen LogP contribution >= 0.6 is 0 Å². The Labute approximate surface area is 125 Å². The average Bonchev–Trinajstić information content (AvgIpc) is 2.56. The molecule has 21 heavy (non-hydrogen) atoms. The maximum atomic E-state index is 4.56. The zero-order valence-corrected chi connectivity index (χ0v) is 12.4. The maximum absolute atomic E-state index is 4.56. The number of benzene rings is 1. The van der Waals surface area contributed by atoms with Gasteiger partial charge in [-0.2, -0.15) is 0 Å².